The van der Waals surface area contributed by atoms with Crippen molar-refractivity contribution >= 4 is 11.9 Å². The molecular formula is C12H20O5. The second-order valence-electron chi connectivity index (χ2n) is 3.80. The molecular weight excluding hydrogens is 224 g/mol. The van der Waals surface area contributed by atoms with Crippen LogP contribution >= 0.6 is 0 Å². The lowest BCUT2D eigenvalue weighted by Gasteiger charge is -2.07. The number of carbonyl (C=O) groups excluding carboxylic acids is 2. The average Bonchev–Trinajstić information content (AvgIpc) is 2.30. The summed E-state index contributed by atoms with van der Waals surface area (Å²) in [6, 6.07) is 0. The quantitative estimate of drug-likeness (QED) is 0.222. The van der Waals surface area contributed by atoms with E-state index in [-0.39, 0.29) is 18.1 Å². The average molecular weight is 244 g/mol. The predicted octanol–water partition coefficient (Wildman–Crippen LogP) is 1.32. The van der Waals surface area contributed by atoms with Crippen molar-refractivity contribution < 1.29 is 23.8 Å². The van der Waals surface area contributed by atoms with Gasteiger partial charge < -0.3 is 14.2 Å². The van der Waals surface area contributed by atoms with Gasteiger partial charge in [0.15, 0.2) is 0 Å². The Balaban J connectivity index is 4.40. The highest BCUT2D eigenvalue weighted by atomic mass is 16.5. The predicted molar refractivity (Wildman–Crippen MR) is 62.4 cm³/mol. The summed E-state index contributed by atoms with van der Waals surface area (Å²) in [5.74, 6) is -1.26. The molecule has 98 valence electrons. The van der Waals surface area contributed by atoms with Gasteiger partial charge in [0.05, 0.1) is 13.7 Å². The van der Waals surface area contributed by atoms with Crippen LogP contribution in [0.25, 0.3) is 0 Å². The molecule has 0 unspecified atom stereocenters. The Hall–Kier alpha value is -1.36. The minimum Gasteiger partial charge on any atom is -0.465 e. The Labute approximate surface area is 102 Å². The largest absolute Gasteiger partial charge is 0.465 e. The third-order valence-electron chi connectivity index (χ3n) is 1.85. The van der Waals surface area contributed by atoms with Gasteiger partial charge in [-0.05, 0) is 5.92 Å². The van der Waals surface area contributed by atoms with Crippen LogP contribution in [0.2, 0.25) is 0 Å². The molecule has 0 rings (SSSR count). The van der Waals surface area contributed by atoms with Crippen LogP contribution < -0.4 is 0 Å². The van der Waals surface area contributed by atoms with Crippen molar-refractivity contribution in [1.82, 2.24) is 0 Å². The highest BCUT2D eigenvalue weighted by Gasteiger charge is 2.20. The summed E-state index contributed by atoms with van der Waals surface area (Å²) in [6.07, 6.45) is 2.13. The van der Waals surface area contributed by atoms with Crippen molar-refractivity contribution in [2.24, 2.45) is 5.92 Å². The van der Waals surface area contributed by atoms with E-state index in [4.69, 9.17) is 9.47 Å². The first-order valence-electron chi connectivity index (χ1n) is 5.49. The van der Waals surface area contributed by atoms with Gasteiger partial charge in [0, 0.05) is 20.1 Å². The SMILES string of the molecule is COCCCOC(=O)/C(=C/C(C)C)C(=O)OC. The van der Waals surface area contributed by atoms with Crippen LogP contribution in [0.5, 0.6) is 0 Å². The Kier molecular flexibility index (Phi) is 8.05. The second kappa shape index (κ2) is 8.75. The smallest absolute Gasteiger partial charge is 0.345 e. The van der Waals surface area contributed by atoms with Crippen LogP contribution in [-0.2, 0) is 23.8 Å². The summed E-state index contributed by atoms with van der Waals surface area (Å²) >= 11 is 0. The summed E-state index contributed by atoms with van der Waals surface area (Å²) in [7, 11) is 2.80. The van der Waals surface area contributed by atoms with Gasteiger partial charge in [-0.2, -0.15) is 0 Å². The number of rotatable bonds is 7. The van der Waals surface area contributed by atoms with Crippen molar-refractivity contribution in [3.05, 3.63) is 11.6 Å². The Bertz CT molecular complexity index is 281. The molecule has 0 aliphatic rings. The molecule has 0 spiro atoms. The summed E-state index contributed by atoms with van der Waals surface area (Å²) in [4.78, 5) is 23.0. The molecule has 0 saturated heterocycles. The summed E-state index contributed by atoms with van der Waals surface area (Å²) < 4.78 is 14.3. The molecule has 17 heavy (non-hydrogen) atoms. The standard InChI is InChI=1S/C12H20O5/c1-9(2)8-10(11(13)16-4)12(14)17-7-5-6-15-3/h8-9H,5-7H2,1-4H3/b10-8+. The first-order valence-corrected chi connectivity index (χ1v) is 5.49. The van der Waals surface area contributed by atoms with Gasteiger partial charge in [-0.25, -0.2) is 9.59 Å². The number of esters is 2. The number of allylic oxidation sites excluding steroid dienone is 1. The van der Waals surface area contributed by atoms with Crippen molar-refractivity contribution in [3.8, 4) is 0 Å². The molecule has 0 aliphatic carbocycles. The van der Waals surface area contributed by atoms with Gasteiger partial charge in [-0.3, -0.25) is 0 Å². The van der Waals surface area contributed by atoms with Crippen LogP contribution in [0.3, 0.4) is 0 Å². The number of hydrogen-bond acceptors (Lipinski definition) is 5. The van der Waals surface area contributed by atoms with E-state index in [1.807, 2.05) is 13.8 Å². The molecule has 0 aromatic carbocycles. The monoisotopic (exact) mass is 244 g/mol. The minimum absolute atomic E-state index is 0.0556. The topological polar surface area (TPSA) is 61.8 Å². The van der Waals surface area contributed by atoms with Gasteiger partial charge in [0.25, 0.3) is 0 Å². The Morgan fingerprint density at radius 3 is 2.24 bits per heavy atom. The molecule has 0 heterocycles. The van der Waals surface area contributed by atoms with E-state index >= 15 is 0 Å². The highest BCUT2D eigenvalue weighted by Crippen LogP contribution is 2.07. The van der Waals surface area contributed by atoms with Crippen molar-refractivity contribution in [2.75, 3.05) is 27.4 Å². The second-order valence-corrected chi connectivity index (χ2v) is 3.80. The summed E-state index contributed by atoms with van der Waals surface area (Å²) in [6.45, 7) is 4.45. The van der Waals surface area contributed by atoms with Crippen LogP contribution in [0.4, 0.5) is 0 Å². The molecule has 0 N–H and O–H groups in total. The first-order chi connectivity index (χ1) is 8.02. The zero-order chi connectivity index (χ0) is 13.3. The van der Waals surface area contributed by atoms with Gasteiger partial charge in [-0.15, -0.1) is 0 Å². The van der Waals surface area contributed by atoms with Crippen LogP contribution in [0.1, 0.15) is 20.3 Å². The first kappa shape index (κ1) is 15.6. The lowest BCUT2D eigenvalue weighted by Crippen LogP contribution is -2.18. The van der Waals surface area contributed by atoms with E-state index in [1.54, 1.807) is 7.11 Å². The van der Waals surface area contributed by atoms with E-state index in [9.17, 15) is 9.59 Å². The van der Waals surface area contributed by atoms with Crippen molar-refractivity contribution in [1.29, 1.82) is 0 Å². The van der Waals surface area contributed by atoms with Gasteiger partial charge in [0.1, 0.15) is 5.57 Å². The maximum absolute atomic E-state index is 11.6. The van der Waals surface area contributed by atoms with E-state index < -0.39 is 11.9 Å². The summed E-state index contributed by atoms with van der Waals surface area (Å²) in [5, 5.41) is 0. The van der Waals surface area contributed by atoms with Crippen LogP contribution in [0.15, 0.2) is 11.6 Å². The lowest BCUT2D eigenvalue weighted by atomic mass is 10.1. The fraction of sp³-hybridized carbons (Fsp3) is 0.667. The fourth-order valence-electron chi connectivity index (χ4n) is 1.11. The van der Waals surface area contributed by atoms with E-state index in [0.29, 0.717) is 13.0 Å². The molecule has 0 radical (unpaired) electrons. The maximum atomic E-state index is 11.6. The maximum Gasteiger partial charge on any atom is 0.345 e. The van der Waals surface area contributed by atoms with Gasteiger partial charge in [0.2, 0.25) is 0 Å². The molecule has 0 atom stereocenters. The van der Waals surface area contributed by atoms with E-state index in [0.717, 1.165) is 0 Å². The molecule has 0 amide bonds. The third kappa shape index (κ3) is 6.73. The number of ether oxygens (including phenoxy) is 3. The zero-order valence-electron chi connectivity index (χ0n) is 10.8. The van der Waals surface area contributed by atoms with E-state index in [1.165, 1.54) is 13.2 Å². The van der Waals surface area contributed by atoms with E-state index in [2.05, 4.69) is 4.74 Å². The van der Waals surface area contributed by atoms with Crippen LogP contribution in [-0.4, -0.2) is 39.4 Å². The van der Waals surface area contributed by atoms with Gasteiger partial charge in [-0.1, -0.05) is 19.9 Å². The molecule has 0 aromatic heterocycles. The third-order valence-corrected chi connectivity index (χ3v) is 1.85. The van der Waals surface area contributed by atoms with Crippen molar-refractivity contribution in [2.45, 2.75) is 20.3 Å². The molecule has 0 aliphatic heterocycles. The molecule has 0 aromatic rings. The number of hydrogen-bond donors (Lipinski definition) is 0. The fourth-order valence-corrected chi connectivity index (χ4v) is 1.11. The molecule has 0 saturated carbocycles. The Morgan fingerprint density at radius 1 is 1.12 bits per heavy atom. The van der Waals surface area contributed by atoms with Crippen molar-refractivity contribution in [3.63, 3.8) is 0 Å². The molecule has 5 nitrogen and oxygen atoms in total. The normalized spacial score (nSPS) is 11.5. The minimum atomic E-state index is -0.671. The van der Waals surface area contributed by atoms with Gasteiger partial charge >= 0.3 is 11.9 Å². The molecule has 0 fully saturated rings. The number of carbonyl (C=O) groups is 2. The number of methoxy groups -OCH3 is 2. The highest BCUT2D eigenvalue weighted by molar-refractivity contribution is 6.14. The lowest BCUT2D eigenvalue weighted by molar-refractivity contribution is -0.146. The summed E-state index contributed by atoms with van der Waals surface area (Å²) in [5.41, 5.74) is -0.0556. The molecule has 0 bridgehead atoms. The zero-order valence-corrected chi connectivity index (χ0v) is 10.8. The van der Waals surface area contributed by atoms with Crippen LogP contribution in [0, 0.1) is 5.92 Å². The molecule has 5 heteroatoms. The Morgan fingerprint density at radius 2 is 1.76 bits per heavy atom.